The minimum atomic E-state index is -0.699. The van der Waals surface area contributed by atoms with Crippen molar-refractivity contribution in [3.8, 4) is 17.3 Å². The van der Waals surface area contributed by atoms with Crippen molar-refractivity contribution in [2.45, 2.75) is 24.9 Å². The van der Waals surface area contributed by atoms with Crippen LogP contribution in [0.15, 0.2) is 65.6 Å². The first kappa shape index (κ1) is 26.1. The average molecular weight is 532 g/mol. The number of amidine groups is 1. The van der Waals surface area contributed by atoms with Gasteiger partial charge >= 0.3 is 5.69 Å². The van der Waals surface area contributed by atoms with Gasteiger partial charge in [0.1, 0.15) is 23.5 Å². The first-order valence-corrected chi connectivity index (χ1v) is 12.6. The summed E-state index contributed by atoms with van der Waals surface area (Å²) in [4.78, 5) is 22.1. The zero-order chi connectivity index (χ0) is 27.5. The van der Waals surface area contributed by atoms with Crippen LogP contribution in [0.5, 0.6) is 11.5 Å². The van der Waals surface area contributed by atoms with Crippen molar-refractivity contribution in [3.63, 3.8) is 0 Å². The van der Waals surface area contributed by atoms with Crippen molar-refractivity contribution in [2.24, 2.45) is 5.73 Å². The summed E-state index contributed by atoms with van der Waals surface area (Å²) in [5.74, 6) is -0.160. The van der Waals surface area contributed by atoms with E-state index in [1.54, 1.807) is 48.7 Å². The molecular weight excluding hydrogens is 501 g/mol. The molecule has 1 aliphatic rings. The number of rotatable bonds is 9. The number of aromatic nitrogens is 4. The third-order valence-electron chi connectivity index (χ3n) is 6.83. The number of pyridine rings is 1. The lowest BCUT2D eigenvalue weighted by Crippen LogP contribution is -2.22. The monoisotopic (exact) mass is 531 g/mol. The van der Waals surface area contributed by atoms with Crippen LogP contribution in [0, 0.1) is 11.2 Å². The number of ether oxygens (including phenoxy) is 2. The number of hydrogen-bond acceptors (Lipinski definition) is 7. The van der Waals surface area contributed by atoms with Gasteiger partial charge < -0.3 is 20.1 Å². The molecular formula is C28H30FN7O3. The van der Waals surface area contributed by atoms with Gasteiger partial charge in [-0.3, -0.25) is 10.4 Å². The fourth-order valence-electron chi connectivity index (χ4n) is 4.76. The number of nitrogens with two attached hydrogens (primary N) is 1. The molecule has 1 fully saturated rings. The summed E-state index contributed by atoms with van der Waals surface area (Å²) in [6.45, 7) is 1.56. The molecule has 3 heterocycles. The molecule has 4 aromatic rings. The molecule has 0 bridgehead atoms. The van der Waals surface area contributed by atoms with E-state index in [0.717, 1.165) is 23.2 Å². The van der Waals surface area contributed by atoms with E-state index >= 15 is 4.39 Å². The van der Waals surface area contributed by atoms with E-state index < -0.39 is 17.4 Å². The molecule has 39 heavy (non-hydrogen) atoms. The predicted octanol–water partition coefficient (Wildman–Crippen LogP) is 2.84. The summed E-state index contributed by atoms with van der Waals surface area (Å²) in [5, 5.41) is 12.2. The molecule has 11 heteroatoms. The van der Waals surface area contributed by atoms with Crippen molar-refractivity contribution < 1.29 is 13.9 Å². The van der Waals surface area contributed by atoms with Crippen LogP contribution < -0.4 is 20.9 Å². The van der Waals surface area contributed by atoms with Gasteiger partial charge in [0.15, 0.2) is 17.4 Å². The lowest BCUT2D eigenvalue weighted by Gasteiger charge is -2.21. The van der Waals surface area contributed by atoms with Crippen LogP contribution in [0.4, 0.5) is 4.39 Å². The Morgan fingerprint density at radius 3 is 2.69 bits per heavy atom. The Morgan fingerprint density at radius 1 is 1.26 bits per heavy atom. The number of H-pyrrole nitrogens is 1. The molecule has 2 aromatic heterocycles. The van der Waals surface area contributed by atoms with Crippen LogP contribution in [0.3, 0.4) is 0 Å². The number of nitrogen functional groups attached to an aromatic ring is 1. The summed E-state index contributed by atoms with van der Waals surface area (Å²) in [5.41, 5.74) is 6.80. The highest BCUT2D eigenvalue weighted by molar-refractivity contribution is 5.94. The molecule has 2 unspecified atom stereocenters. The Bertz CT molecular complexity index is 1520. The van der Waals surface area contributed by atoms with Gasteiger partial charge in [0.25, 0.3) is 0 Å². The van der Waals surface area contributed by atoms with Gasteiger partial charge in [-0.2, -0.15) is 4.68 Å². The largest absolute Gasteiger partial charge is 0.497 e. The molecule has 4 N–H and O–H groups in total. The molecule has 0 spiro atoms. The Labute approximate surface area is 224 Å². The SMILES string of the molecule is COc1cc(OC2CCN(C)C2)c(F)c(C(Cc2ccc(C(=N)N)cc2)c2nn(-c3ccccn3)c(=O)[nH]2)c1. The quantitative estimate of drug-likeness (QED) is 0.223. The third kappa shape index (κ3) is 5.68. The zero-order valence-electron chi connectivity index (χ0n) is 21.7. The average Bonchev–Trinajstić information content (AvgIpc) is 3.54. The van der Waals surface area contributed by atoms with Gasteiger partial charge in [0.05, 0.1) is 13.0 Å². The van der Waals surface area contributed by atoms with E-state index in [-0.39, 0.29) is 29.1 Å². The molecule has 0 aliphatic carbocycles. The third-order valence-corrected chi connectivity index (χ3v) is 6.83. The number of likely N-dealkylation sites (N-methyl/N-ethyl adjacent to an activating group) is 1. The molecule has 1 saturated heterocycles. The van der Waals surface area contributed by atoms with E-state index in [4.69, 9.17) is 20.6 Å². The highest BCUT2D eigenvalue weighted by Gasteiger charge is 2.29. The fourth-order valence-corrected chi connectivity index (χ4v) is 4.76. The molecule has 0 radical (unpaired) electrons. The van der Waals surface area contributed by atoms with Crippen molar-refractivity contribution in [1.82, 2.24) is 24.6 Å². The number of likely N-dealkylation sites (tertiary alicyclic amines) is 1. The van der Waals surface area contributed by atoms with E-state index in [1.807, 2.05) is 19.2 Å². The molecule has 0 saturated carbocycles. The van der Waals surface area contributed by atoms with Gasteiger partial charge in [-0.15, -0.1) is 5.10 Å². The second kappa shape index (κ2) is 11.1. The summed E-state index contributed by atoms with van der Waals surface area (Å²) >= 11 is 0. The highest BCUT2D eigenvalue weighted by Crippen LogP contribution is 2.37. The number of hydrogen-bond donors (Lipinski definition) is 3. The standard InChI is InChI=1S/C28H30FN7O3/c1-35-12-10-19(16-35)39-23-15-20(38-2)14-21(25(23)29)22(13-17-6-8-18(9-7-17)26(30)31)27-33-28(37)36(34-27)24-5-3-4-11-32-24/h3-9,11,14-15,19,22H,10,12-13,16H2,1-2H3,(H3,30,31)(H,33,34,37). The second-order valence-corrected chi connectivity index (χ2v) is 9.60. The summed E-state index contributed by atoms with van der Waals surface area (Å²) in [6.07, 6.45) is 2.50. The summed E-state index contributed by atoms with van der Waals surface area (Å²) < 4.78 is 29.0. The zero-order valence-corrected chi connectivity index (χ0v) is 21.7. The maximum Gasteiger partial charge on any atom is 0.349 e. The van der Waals surface area contributed by atoms with Gasteiger partial charge in [-0.1, -0.05) is 30.3 Å². The molecule has 202 valence electrons. The topological polar surface area (TPSA) is 135 Å². The smallest absolute Gasteiger partial charge is 0.349 e. The second-order valence-electron chi connectivity index (χ2n) is 9.60. The minimum Gasteiger partial charge on any atom is -0.497 e. The highest BCUT2D eigenvalue weighted by atomic mass is 19.1. The minimum absolute atomic E-state index is 0.0466. The lowest BCUT2D eigenvalue weighted by atomic mass is 9.90. The fraction of sp³-hybridized carbons (Fsp3) is 0.286. The van der Waals surface area contributed by atoms with Crippen LogP contribution in [0.2, 0.25) is 0 Å². The summed E-state index contributed by atoms with van der Waals surface area (Å²) in [6, 6.07) is 15.4. The normalized spacial score (nSPS) is 16.2. The predicted molar refractivity (Wildman–Crippen MR) is 144 cm³/mol. The molecule has 1 aliphatic heterocycles. The Kier molecular flexibility index (Phi) is 7.42. The maximum absolute atomic E-state index is 16.2. The van der Waals surface area contributed by atoms with Gasteiger partial charge in [-0.25, -0.2) is 14.2 Å². The van der Waals surface area contributed by atoms with Crippen molar-refractivity contribution in [1.29, 1.82) is 5.41 Å². The van der Waals surface area contributed by atoms with Crippen LogP contribution in [-0.4, -0.2) is 63.8 Å². The number of aromatic amines is 1. The van der Waals surface area contributed by atoms with Gasteiger partial charge in [0.2, 0.25) is 0 Å². The van der Waals surface area contributed by atoms with Crippen LogP contribution in [0.1, 0.15) is 34.9 Å². The lowest BCUT2D eigenvalue weighted by molar-refractivity contribution is 0.198. The Balaban J connectivity index is 1.59. The van der Waals surface area contributed by atoms with Gasteiger partial charge in [0, 0.05) is 36.5 Å². The number of methoxy groups -OCH3 is 1. The van der Waals surface area contributed by atoms with E-state index in [1.165, 1.54) is 7.11 Å². The first-order valence-electron chi connectivity index (χ1n) is 12.6. The molecule has 2 atom stereocenters. The Morgan fingerprint density at radius 2 is 2.05 bits per heavy atom. The molecule has 0 amide bonds. The van der Waals surface area contributed by atoms with Gasteiger partial charge in [-0.05, 0) is 43.7 Å². The Hall–Kier alpha value is -4.51. The van der Waals surface area contributed by atoms with E-state index in [0.29, 0.717) is 30.1 Å². The summed E-state index contributed by atoms with van der Waals surface area (Å²) in [7, 11) is 3.51. The number of nitrogens with zero attached hydrogens (tertiary/aromatic N) is 4. The van der Waals surface area contributed by atoms with Crippen LogP contribution in [-0.2, 0) is 6.42 Å². The van der Waals surface area contributed by atoms with Crippen molar-refractivity contribution >= 4 is 5.84 Å². The molecule has 5 rings (SSSR count). The van der Waals surface area contributed by atoms with Crippen molar-refractivity contribution in [3.05, 3.63) is 99.6 Å². The van der Waals surface area contributed by atoms with Crippen LogP contribution in [0.25, 0.3) is 5.82 Å². The van der Waals surface area contributed by atoms with Crippen molar-refractivity contribution in [2.75, 3.05) is 27.2 Å². The molecule has 10 nitrogen and oxygen atoms in total. The molecule has 2 aromatic carbocycles. The van der Waals surface area contributed by atoms with Crippen LogP contribution >= 0.6 is 0 Å². The number of nitrogens with one attached hydrogen (secondary N) is 2. The number of benzene rings is 2. The first-order chi connectivity index (χ1) is 18.8. The maximum atomic E-state index is 16.2. The number of halogens is 1. The van der Waals surface area contributed by atoms with E-state index in [2.05, 4.69) is 20.0 Å². The van der Waals surface area contributed by atoms with E-state index in [9.17, 15) is 4.79 Å².